The second kappa shape index (κ2) is 37.4. The summed E-state index contributed by atoms with van der Waals surface area (Å²) in [5.74, 6) is 0. The predicted molar refractivity (Wildman–Crippen MR) is 83.4 cm³/mol. The van der Waals surface area contributed by atoms with E-state index in [0.717, 1.165) is 25.9 Å². The van der Waals surface area contributed by atoms with Crippen molar-refractivity contribution in [2.75, 3.05) is 19.7 Å². The first-order chi connectivity index (χ1) is 8.83. The normalized spacial score (nSPS) is 8.57. The Morgan fingerprint density at radius 1 is 0.619 bits per heavy atom. The minimum atomic E-state index is 0. The molecule has 0 aromatic heterocycles. The van der Waals surface area contributed by atoms with Crippen LogP contribution in [0.2, 0.25) is 0 Å². The Labute approximate surface area is 161 Å². The zero-order valence-electron chi connectivity index (χ0n) is 14.3. The molecule has 0 amide bonds. The van der Waals surface area contributed by atoms with Gasteiger partial charge in [-0.2, -0.15) is 0 Å². The second-order valence-electron chi connectivity index (χ2n) is 4.87. The van der Waals surface area contributed by atoms with E-state index in [-0.39, 0.29) is 46.5 Å². The summed E-state index contributed by atoms with van der Waals surface area (Å²) in [5, 5.41) is 12.6. The monoisotopic (exact) mass is 376 g/mol. The zero-order valence-corrected chi connectivity index (χ0v) is 17.4. The number of unbranched alkanes of at least 4 members (excludes halogenated alkanes) is 7. The van der Waals surface area contributed by atoms with Crippen LogP contribution in [0.5, 0.6) is 0 Å². The molecule has 0 unspecified atom stereocenters. The standard InChI is InChI=1S/C12H26N.C4H10O.2ClH.Ti/c1-3-5-7-9-11-13-12-10-8-6-4-2;1-2-3-4-5;;;/h3-12H2,1-2H3;5H,2-4H2,1H3;2*1H;/q-1;;;;+3/p-2. The van der Waals surface area contributed by atoms with Crippen LogP contribution in [0.25, 0.3) is 5.32 Å². The third-order valence-electron chi connectivity index (χ3n) is 2.85. The Morgan fingerprint density at radius 2 is 1.00 bits per heavy atom. The van der Waals surface area contributed by atoms with Crippen molar-refractivity contribution in [1.29, 1.82) is 0 Å². The SMILES string of the molecule is CCCCCC[N-]CCCCCC.CCCCO.[Cl-].[Cl-].[Ti+3]. The Kier molecular flexibility index (Phi) is 60.2. The van der Waals surface area contributed by atoms with Crippen LogP contribution in [0.4, 0.5) is 0 Å². The molecule has 0 atom stereocenters. The predicted octanol–water partition coefficient (Wildman–Crippen LogP) is -0.695. The minimum Gasteiger partial charge on any atom is -1.00 e. The number of rotatable bonds is 12. The average Bonchev–Trinajstić information content (AvgIpc) is 2.39. The number of hydrogen-bond acceptors (Lipinski definition) is 1. The molecule has 0 saturated carbocycles. The maximum Gasteiger partial charge on any atom is 3.00 e. The van der Waals surface area contributed by atoms with E-state index in [1.807, 2.05) is 0 Å². The molecule has 0 aromatic carbocycles. The molecule has 0 aliphatic carbocycles. The van der Waals surface area contributed by atoms with Crippen LogP contribution in [-0.4, -0.2) is 24.8 Å². The number of hydrogen-bond donors (Lipinski definition) is 1. The molecule has 0 aliphatic rings. The Morgan fingerprint density at radius 3 is 1.24 bits per heavy atom. The Hall–Kier alpha value is 1.21. The molecule has 129 valence electrons. The summed E-state index contributed by atoms with van der Waals surface area (Å²) in [4.78, 5) is 0. The van der Waals surface area contributed by atoms with Gasteiger partial charge in [0.05, 0.1) is 0 Å². The van der Waals surface area contributed by atoms with Gasteiger partial charge in [-0.25, -0.2) is 0 Å². The van der Waals surface area contributed by atoms with Crippen LogP contribution in [0, 0.1) is 0 Å². The smallest absolute Gasteiger partial charge is 1.00 e. The summed E-state index contributed by atoms with van der Waals surface area (Å²) in [7, 11) is 0. The van der Waals surface area contributed by atoms with Crippen LogP contribution < -0.4 is 24.8 Å². The van der Waals surface area contributed by atoms with Gasteiger partial charge in [-0.05, 0) is 6.42 Å². The van der Waals surface area contributed by atoms with Crippen LogP contribution in [0.1, 0.15) is 85.0 Å². The van der Waals surface area contributed by atoms with E-state index in [4.69, 9.17) is 5.11 Å². The molecular formula is C16H36Cl2NOTi. The third-order valence-corrected chi connectivity index (χ3v) is 2.85. The van der Waals surface area contributed by atoms with E-state index in [2.05, 4.69) is 26.1 Å². The van der Waals surface area contributed by atoms with Crippen LogP contribution in [0.3, 0.4) is 0 Å². The van der Waals surface area contributed by atoms with Crippen LogP contribution in [-0.2, 0) is 21.7 Å². The fraction of sp³-hybridized carbons (Fsp3) is 1.00. The molecule has 0 heterocycles. The van der Waals surface area contributed by atoms with Gasteiger partial charge < -0.3 is 35.2 Å². The van der Waals surface area contributed by atoms with Gasteiger partial charge in [-0.15, -0.1) is 13.1 Å². The first-order valence-corrected chi connectivity index (χ1v) is 8.07. The maximum atomic E-state index is 8.07. The fourth-order valence-electron chi connectivity index (χ4n) is 1.57. The first-order valence-electron chi connectivity index (χ1n) is 8.07. The van der Waals surface area contributed by atoms with Gasteiger partial charge >= 0.3 is 21.7 Å². The summed E-state index contributed by atoms with van der Waals surface area (Å²) in [6, 6.07) is 0. The summed E-state index contributed by atoms with van der Waals surface area (Å²) in [5.41, 5.74) is 0. The third kappa shape index (κ3) is 44.9. The van der Waals surface area contributed by atoms with Crippen molar-refractivity contribution in [2.45, 2.75) is 85.0 Å². The van der Waals surface area contributed by atoms with Crippen molar-refractivity contribution in [3.05, 3.63) is 5.32 Å². The van der Waals surface area contributed by atoms with Gasteiger partial charge in [0.15, 0.2) is 0 Å². The number of aliphatic hydroxyl groups excluding tert-OH is 1. The molecule has 0 rings (SSSR count). The van der Waals surface area contributed by atoms with Crippen molar-refractivity contribution in [3.63, 3.8) is 0 Å². The number of halogens is 2. The largest absolute Gasteiger partial charge is 3.00 e. The quantitative estimate of drug-likeness (QED) is 0.355. The maximum absolute atomic E-state index is 8.07. The van der Waals surface area contributed by atoms with Crippen LogP contribution >= 0.6 is 0 Å². The summed E-state index contributed by atoms with van der Waals surface area (Å²) in [6.07, 6.45) is 12.8. The second-order valence-corrected chi connectivity index (χ2v) is 4.87. The van der Waals surface area contributed by atoms with Crippen LogP contribution in [0.15, 0.2) is 0 Å². The number of nitrogens with zero attached hydrogens (tertiary/aromatic N) is 1. The van der Waals surface area contributed by atoms with E-state index < -0.39 is 0 Å². The van der Waals surface area contributed by atoms with E-state index in [1.54, 1.807) is 0 Å². The van der Waals surface area contributed by atoms with E-state index in [1.165, 1.54) is 51.4 Å². The van der Waals surface area contributed by atoms with Gasteiger partial charge in [-0.1, -0.05) is 78.6 Å². The first kappa shape index (κ1) is 33.7. The van der Waals surface area contributed by atoms with E-state index in [9.17, 15) is 0 Å². The summed E-state index contributed by atoms with van der Waals surface area (Å²) >= 11 is 0. The molecule has 21 heavy (non-hydrogen) atoms. The molecule has 0 spiro atoms. The molecule has 0 fully saturated rings. The molecule has 1 N–H and O–H groups in total. The average molecular weight is 377 g/mol. The molecule has 0 bridgehead atoms. The number of aliphatic hydroxyl groups is 1. The topological polar surface area (TPSA) is 34.3 Å². The van der Waals surface area contributed by atoms with Gasteiger partial charge in [0, 0.05) is 6.61 Å². The fourth-order valence-corrected chi connectivity index (χ4v) is 1.57. The van der Waals surface area contributed by atoms with Crippen molar-refractivity contribution in [1.82, 2.24) is 0 Å². The van der Waals surface area contributed by atoms with E-state index in [0.29, 0.717) is 6.61 Å². The van der Waals surface area contributed by atoms with Gasteiger partial charge in [0.2, 0.25) is 0 Å². The van der Waals surface area contributed by atoms with E-state index >= 15 is 0 Å². The molecule has 0 saturated heterocycles. The zero-order chi connectivity index (χ0) is 13.9. The Balaban J connectivity index is -0.0000000933. The van der Waals surface area contributed by atoms with Crippen molar-refractivity contribution in [2.24, 2.45) is 0 Å². The molecule has 0 aromatic rings. The van der Waals surface area contributed by atoms with Crippen molar-refractivity contribution < 1.29 is 51.6 Å². The summed E-state index contributed by atoms with van der Waals surface area (Å²) in [6.45, 7) is 9.11. The van der Waals surface area contributed by atoms with Gasteiger partial charge in [-0.3, -0.25) is 0 Å². The Bertz CT molecular complexity index is 121. The minimum absolute atomic E-state index is 0. The summed E-state index contributed by atoms with van der Waals surface area (Å²) < 4.78 is 0. The van der Waals surface area contributed by atoms with Crippen molar-refractivity contribution in [3.8, 4) is 0 Å². The molecular weight excluding hydrogens is 341 g/mol. The molecule has 0 aliphatic heterocycles. The molecule has 5 heteroatoms. The van der Waals surface area contributed by atoms with Gasteiger partial charge in [0.1, 0.15) is 0 Å². The molecule has 2 nitrogen and oxygen atoms in total. The van der Waals surface area contributed by atoms with Gasteiger partial charge in [0.25, 0.3) is 0 Å². The molecule has 1 radical (unpaired) electrons. The van der Waals surface area contributed by atoms with Crippen molar-refractivity contribution >= 4 is 0 Å².